The lowest BCUT2D eigenvalue weighted by Crippen LogP contribution is -2.49. The maximum absolute atomic E-state index is 9.56. The molecule has 0 aliphatic carbocycles. The molecule has 0 radical (unpaired) electrons. The van der Waals surface area contributed by atoms with E-state index in [9.17, 15) is 5.26 Å². The summed E-state index contributed by atoms with van der Waals surface area (Å²) in [6.07, 6.45) is 2.02. The number of rotatable bonds is 4. The standard InChI is InChI=1S/C21H27N9/c1-12-11-30(8-6-24-12)18-9-17-16(5-7-29(17)4)27-19(18)14(3)25-20-15(10-22)13(2)26-21(23)28-20/h5,7,9,12,14,24H,6,8,11H2,1-4H3,(H3,23,25,26,28)/t12?,14-/m0/s1. The SMILES string of the molecule is Cc1nc(N)nc(N[C@@H](C)c2nc3ccn(C)c3cc2N2CCNC(C)C2)c1C#N. The molecule has 9 nitrogen and oxygen atoms in total. The van der Waals surface area contributed by atoms with Gasteiger partial charge in [-0.15, -0.1) is 0 Å². The van der Waals surface area contributed by atoms with Gasteiger partial charge in [0.05, 0.1) is 34.2 Å². The van der Waals surface area contributed by atoms with E-state index < -0.39 is 0 Å². The lowest BCUT2D eigenvalue weighted by Gasteiger charge is -2.35. The van der Waals surface area contributed by atoms with Crippen LogP contribution in [0.4, 0.5) is 17.5 Å². The molecule has 1 aliphatic heterocycles. The van der Waals surface area contributed by atoms with Crippen LogP contribution in [0.5, 0.6) is 0 Å². The third kappa shape index (κ3) is 3.62. The summed E-state index contributed by atoms with van der Waals surface area (Å²) < 4.78 is 2.08. The summed E-state index contributed by atoms with van der Waals surface area (Å²) in [4.78, 5) is 15.7. The first-order valence-corrected chi connectivity index (χ1v) is 10.1. The van der Waals surface area contributed by atoms with Crippen LogP contribution in [0.25, 0.3) is 11.0 Å². The topological polar surface area (TPSA) is 121 Å². The summed E-state index contributed by atoms with van der Waals surface area (Å²) in [7, 11) is 2.03. The molecule has 4 rings (SSSR count). The van der Waals surface area contributed by atoms with E-state index in [-0.39, 0.29) is 12.0 Å². The number of piperazine rings is 1. The number of hydrogen-bond donors (Lipinski definition) is 3. The zero-order valence-electron chi connectivity index (χ0n) is 17.8. The maximum atomic E-state index is 9.56. The van der Waals surface area contributed by atoms with Crippen LogP contribution in [-0.2, 0) is 7.05 Å². The fourth-order valence-corrected chi connectivity index (χ4v) is 4.02. The number of nitriles is 1. The summed E-state index contributed by atoms with van der Waals surface area (Å²) in [5.41, 5.74) is 10.8. The summed E-state index contributed by atoms with van der Waals surface area (Å²) in [5.74, 6) is 0.577. The molecule has 30 heavy (non-hydrogen) atoms. The predicted octanol–water partition coefficient (Wildman–Crippen LogP) is 2.10. The Morgan fingerprint density at radius 1 is 1.37 bits per heavy atom. The van der Waals surface area contributed by atoms with Crippen LogP contribution < -0.4 is 21.3 Å². The molecule has 2 atom stereocenters. The van der Waals surface area contributed by atoms with Crippen molar-refractivity contribution in [2.24, 2.45) is 7.05 Å². The van der Waals surface area contributed by atoms with Crippen molar-refractivity contribution in [1.29, 1.82) is 5.26 Å². The highest BCUT2D eigenvalue weighted by Gasteiger charge is 2.24. The molecule has 0 saturated carbocycles. The Kier molecular flexibility index (Phi) is 5.18. The van der Waals surface area contributed by atoms with Crippen LogP contribution in [0.3, 0.4) is 0 Å². The van der Waals surface area contributed by atoms with E-state index >= 15 is 0 Å². The van der Waals surface area contributed by atoms with Crippen molar-refractivity contribution in [3.05, 3.63) is 35.3 Å². The molecule has 4 heterocycles. The monoisotopic (exact) mass is 405 g/mol. The van der Waals surface area contributed by atoms with E-state index in [2.05, 4.69) is 49.1 Å². The highest BCUT2D eigenvalue weighted by molar-refractivity contribution is 5.81. The van der Waals surface area contributed by atoms with Crippen LogP contribution in [0.1, 0.15) is 36.8 Å². The first-order chi connectivity index (χ1) is 14.4. The lowest BCUT2D eigenvalue weighted by molar-refractivity contribution is 0.483. The van der Waals surface area contributed by atoms with Crippen LogP contribution in [0.2, 0.25) is 0 Å². The Bertz CT molecular complexity index is 1130. The van der Waals surface area contributed by atoms with E-state index in [1.54, 1.807) is 6.92 Å². The number of anilines is 3. The smallest absolute Gasteiger partial charge is 0.222 e. The number of fused-ring (bicyclic) bond motifs is 1. The van der Waals surface area contributed by atoms with Crippen molar-refractivity contribution in [3.63, 3.8) is 0 Å². The molecule has 156 valence electrons. The molecular formula is C21H27N9. The zero-order valence-corrected chi connectivity index (χ0v) is 17.8. The number of aryl methyl sites for hydroxylation is 2. The average Bonchev–Trinajstić information content (AvgIpc) is 3.07. The maximum Gasteiger partial charge on any atom is 0.222 e. The Morgan fingerprint density at radius 2 is 2.17 bits per heavy atom. The highest BCUT2D eigenvalue weighted by Crippen LogP contribution is 2.32. The second-order valence-corrected chi connectivity index (χ2v) is 7.89. The summed E-state index contributed by atoms with van der Waals surface area (Å²) in [6, 6.07) is 6.62. The third-order valence-corrected chi connectivity index (χ3v) is 5.57. The largest absolute Gasteiger partial charge is 0.368 e. The summed E-state index contributed by atoms with van der Waals surface area (Å²) in [5, 5.41) is 16.4. The van der Waals surface area contributed by atoms with Crippen LogP contribution in [-0.4, -0.2) is 45.2 Å². The van der Waals surface area contributed by atoms with Crippen molar-refractivity contribution < 1.29 is 0 Å². The molecule has 0 amide bonds. The fraction of sp³-hybridized carbons (Fsp3) is 0.429. The van der Waals surface area contributed by atoms with E-state index in [0.29, 0.717) is 23.1 Å². The van der Waals surface area contributed by atoms with Crippen molar-refractivity contribution in [3.8, 4) is 6.07 Å². The van der Waals surface area contributed by atoms with Crippen molar-refractivity contribution in [2.45, 2.75) is 32.9 Å². The molecular weight excluding hydrogens is 378 g/mol. The van der Waals surface area contributed by atoms with Gasteiger partial charge < -0.3 is 25.8 Å². The average molecular weight is 406 g/mol. The normalized spacial score (nSPS) is 17.7. The number of aromatic nitrogens is 4. The molecule has 1 unspecified atom stereocenters. The van der Waals surface area contributed by atoms with Gasteiger partial charge in [0.25, 0.3) is 0 Å². The van der Waals surface area contributed by atoms with Crippen molar-refractivity contribution in [2.75, 3.05) is 35.6 Å². The second kappa shape index (κ2) is 7.80. The van der Waals surface area contributed by atoms with Gasteiger partial charge in [0, 0.05) is 38.9 Å². The molecule has 9 heteroatoms. The number of nitrogens with one attached hydrogen (secondary N) is 2. The second-order valence-electron chi connectivity index (χ2n) is 7.89. The minimum Gasteiger partial charge on any atom is -0.368 e. The first-order valence-electron chi connectivity index (χ1n) is 10.1. The van der Waals surface area contributed by atoms with Gasteiger partial charge in [-0.25, -0.2) is 9.97 Å². The highest BCUT2D eigenvalue weighted by atomic mass is 15.2. The number of hydrogen-bond acceptors (Lipinski definition) is 8. The number of pyridine rings is 1. The van der Waals surface area contributed by atoms with E-state index in [1.165, 1.54) is 0 Å². The fourth-order valence-electron chi connectivity index (χ4n) is 4.02. The Hall–Kier alpha value is -3.38. The van der Waals surface area contributed by atoms with Gasteiger partial charge in [0.2, 0.25) is 5.95 Å². The molecule has 1 fully saturated rings. The first kappa shape index (κ1) is 19.9. The van der Waals surface area contributed by atoms with Gasteiger partial charge >= 0.3 is 0 Å². The lowest BCUT2D eigenvalue weighted by atomic mass is 10.1. The van der Waals surface area contributed by atoms with Gasteiger partial charge in [-0.05, 0) is 32.9 Å². The summed E-state index contributed by atoms with van der Waals surface area (Å²) in [6.45, 7) is 8.71. The van der Waals surface area contributed by atoms with Crippen molar-refractivity contribution in [1.82, 2.24) is 24.8 Å². The minimum atomic E-state index is -0.185. The van der Waals surface area contributed by atoms with Gasteiger partial charge in [-0.1, -0.05) is 0 Å². The Balaban J connectivity index is 1.77. The van der Waals surface area contributed by atoms with Gasteiger partial charge in [-0.2, -0.15) is 10.2 Å². The third-order valence-electron chi connectivity index (χ3n) is 5.57. The predicted molar refractivity (Wildman–Crippen MR) is 118 cm³/mol. The van der Waals surface area contributed by atoms with Crippen LogP contribution >= 0.6 is 0 Å². The van der Waals surface area contributed by atoms with E-state index in [1.807, 2.05) is 26.2 Å². The van der Waals surface area contributed by atoms with Crippen LogP contribution in [0, 0.1) is 18.3 Å². The zero-order chi connectivity index (χ0) is 21.4. The number of nitrogens with zero attached hydrogens (tertiary/aromatic N) is 6. The van der Waals surface area contributed by atoms with Gasteiger partial charge in [0.1, 0.15) is 17.5 Å². The molecule has 1 saturated heterocycles. The molecule has 0 aromatic carbocycles. The molecule has 0 spiro atoms. The van der Waals surface area contributed by atoms with Crippen LogP contribution in [0.15, 0.2) is 18.3 Å². The number of nitrogen functional groups attached to an aromatic ring is 1. The molecule has 0 bridgehead atoms. The van der Waals surface area contributed by atoms with E-state index in [0.717, 1.165) is 42.0 Å². The van der Waals surface area contributed by atoms with Crippen molar-refractivity contribution >= 4 is 28.5 Å². The molecule has 4 N–H and O–H groups in total. The molecule has 1 aliphatic rings. The van der Waals surface area contributed by atoms with Gasteiger partial charge in [-0.3, -0.25) is 0 Å². The molecule has 3 aromatic heterocycles. The Morgan fingerprint density at radius 3 is 2.90 bits per heavy atom. The Labute approximate surface area is 175 Å². The summed E-state index contributed by atoms with van der Waals surface area (Å²) >= 11 is 0. The number of nitrogens with two attached hydrogens (primary N) is 1. The van der Waals surface area contributed by atoms with Gasteiger partial charge in [0.15, 0.2) is 0 Å². The van der Waals surface area contributed by atoms with E-state index in [4.69, 9.17) is 10.7 Å². The minimum absolute atomic E-state index is 0.142. The quantitative estimate of drug-likeness (QED) is 0.603. The molecule has 3 aromatic rings.